The van der Waals surface area contributed by atoms with Gasteiger partial charge in [-0.2, -0.15) is 5.10 Å². The quantitative estimate of drug-likeness (QED) is 0.146. The molecule has 0 aliphatic rings. The van der Waals surface area contributed by atoms with Crippen molar-refractivity contribution in [1.82, 2.24) is 5.43 Å². The maximum atomic E-state index is 12.6. The number of hydrogen-bond donors (Lipinski definition) is 1. The Morgan fingerprint density at radius 3 is 2.49 bits per heavy atom. The first-order chi connectivity index (χ1) is 17.9. The number of methoxy groups -OCH3 is 1. The second-order valence-corrected chi connectivity index (χ2v) is 8.70. The van der Waals surface area contributed by atoms with Crippen molar-refractivity contribution in [3.63, 3.8) is 0 Å². The van der Waals surface area contributed by atoms with Gasteiger partial charge in [0.05, 0.1) is 25.0 Å². The van der Waals surface area contributed by atoms with Gasteiger partial charge in [0.1, 0.15) is 13.2 Å². The Labute approximate surface area is 230 Å². The summed E-state index contributed by atoms with van der Waals surface area (Å²) in [5, 5.41) is 5.34. The molecule has 194 valence electrons. The fourth-order valence-corrected chi connectivity index (χ4v) is 3.90. The molecule has 0 heterocycles. The van der Waals surface area contributed by atoms with E-state index in [-0.39, 0.29) is 6.61 Å². The lowest BCUT2D eigenvalue weighted by Gasteiger charge is -2.14. The molecule has 37 heavy (non-hydrogen) atoms. The zero-order chi connectivity index (χ0) is 26.8. The van der Waals surface area contributed by atoms with Gasteiger partial charge in [-0.25, -0.2) is 5.43 Å². The summed E-state index contributed by atoms with van der Waals surface area (Å²) in [5.41, 5.74) is 4.17. The molecule has 0 aliphatic carbocycles. The smallest absolute Gasteiger partial charge is 0.271 e. The van der Waals surface area contributed by atoms with Crippen molar-refractivity contribution in [2.75, 3.05) is 20.3 Å². The SMILES string of the molecule is C=CCOc1ccc(C(=O)N/N=C/c2cc(Cl)c(OCc3ccc(Cl)cc3Cl)c(OC)c2)cc1OCC. The lowest BCUT2D eigenvalue weighted by molar-refractivity contribution is 0.0954. The number of nitrogens with zero attached hydrogens (tertiary/aromatic N) is 1. The van der Waals surface area contributed by atoms with Crippen molar-refractivity contribution in [2.45, 2.75) is 13.5 Å². The van der Waals surface area contributed by atoms with E-state index in [9.17, 15) is 4.79 Å². The van der Waals surface area contributed by atoms with Gasteiger partial charge in [-0.15, -0.1) is 0 Å². The van der Waals surface area contributed by atoms with Crippen molar-refractivity contribution in [3.05, 3.63) is 92.9 Å². The minimum absolute atomic E-state index is 0.163. The van der Waals surface area contributed by atoms with Crippen LogP contribution in [0.3, 0.4) is 0 Å². The number of nitrogens with one attached hydrogen (secondary N) is 1. The van der Waals surface area contributed by atoms with Crippen molar-refractivity contribution < 1.29 is 23.7 Å². The van der Waals surface area contributed by atoms with E-state index in [4.69, 9.17) is 53.8 Å². The van der Waals surface area contributed by atoms with Crippen molar-refractivity contribution in [3.8, 4) is 23.0 Å². The number of ether oxygens (including phenoxy) is 4. The van der Waals surface area contributed by atoms with E-state index in [2.05, 4.69) is 17.1 Å². The predicted molar refractivity (Wildman–Crippen MR) is 147 cm³/mol. The fourth-order valence-electron chi connectivity index (χ4n) is 3.16. The zero-order valence-corrected chi connectivity index (χ0v) is 22.5. The number of carbonyl (C=O) groups excluding carboxylic acids is 1. The molecule has 7 nitrogen and oxygen atoms in total. The van der Waals surface area contributed by atoms with Crippen LogP contribution < -0.4 is 24.4 Å². The third-order valence-corrected chi connectivity index (χ3v) is 5.75. The van der Waals surface area contributed by atoms with Crippen LogP contribution in [0.25, 0.3) is 0 Å². The molecule has 3 aromatic carbocycles. The highest BCUT2D eigenvalue weighted by molar-refractivity contribution is 6.35. The summed E-state index contributed by atoms with van der Waals surface area (Å²) in [6, 6.07) is 13.3. The van der Waals surface area contributed by atoms with E-state index < -0.39 is 5.91 Å². The van der Waals surface area contributed by atoms with Crippen LogP contribution in [-0.4, -0.2) is 32.4 Å². The maximum Gasteiger partial charge on any atom is 0.271 e. The van der Waals surface area contributed by atoms with E-state index in [1.165, 1.54) is 13.3 Å². The van der Waals surface area contributed by atoms with E-state index in [0.717, 1.165) is 5.56 Å². The van der Waals surface area contributed by atoms with Crippen LogP contribution in [0.4, 0.5) is 0 Å². The van der Waals surface area contributed by atoms with Gasteiger partial charge in [0.2, 0.25) is 0 Å². The second kappa shape index (κ2) is 13.8. The Kier molecular flexibility index (Phi) is 10.5. The summed E-state index contributed by atoms with van der Waals surface area (Å²) in [7, 11) is 1.49. The average Bonchev–Trinajstić information content (AvgIpc) is 2.88. The van der Waals surface area contributed by atoms with Crippen LogP contribution in [0.2, 0.25) is 15.1 Å². The molecule has 0 unspecified atom stereocenters. The number of amides is 1. The van der Waals surface area contributed by atoms with Gasteiger partial charge in [-0.05, 0) is 55.0 Å². The van der Waals surface area contributed by atoms with Crippen LogP contribution in [0.5, 0.6) is 23.0 Å². The number of hydrogen-bond acceptors (Lipinski definition) is 6. The molecule has 1 N–H and O–H groups in total. The molecule has 0 fully saturated rings. The van der Waals surface area contributed by atoms with Crippen molar-refractivity contribution in [2.24, 2.45) is 5.10 Å². The van der Waals surface area contributed by atoms with Gasteiger partial charge in [0.25, 0.3) is 5.91 Å². The van der Waals surface area contributed by atoms with Gasteiger partial charge < -0.3 is 18.9 Å². The van der Waals surface area contributed by atoms with E-state index >= 15 is 0 Å². The molecule has 0 spiro atoms. The van der Waals surface area contributed by atoms with E-state index in [0.29, 0.717) is 62.4 Å². The summed E-state index contributed by atoms with van der Waals surface area (Å²) in [5.74, 6) is 1.28. The topological polar surface area (TPSA) is 78.4 Å². The zero-order valence-electron chi connectivity index (χ0n) is 20.2. The number of halogens is 3. The van der Waals surface area contributed by atoms with Gasteiger partial charge in [0.15, 0.2) is 23.0 Å². The molecular formula is C27H25Cl3N2O5. The van der Waals surface area contributed by atoms with Crippen LogP contribution >= 0.6 is 34.8 Å². The summed E-state index contributed by atoms with van der Waals surface area (Å²) >= 11 is 18.6. The third-order valence-electron chi connectivity index (χ3n) is 4.88. The Balaban J connectivity index is 1.69. The molecule has 0 saturated heterocycles. The van der Waals surface area contributed by atoms with Gasteiger partial charge in [-0.3, -0.25) is 4.79 Å². The minimum atomic E-state index is -0.426. The number of benzene rings is 3. The summed E-state index contributed by atoms with van der Waals surface area (Å²) in [6.07, 6.45) is 3.07. The highest BCUT2D eigenvalue weighted by Gasteiger charge is 2.14. The Morgan fingerprint density at radius 1 is 0.973 bits per heavy atom. The molecule has 0 radical (unpaired) electrons. The second-order valence-electron chi connectivity index (χ2n) is 7.45. The maximum absolute atomic E-state index is 12.6. The molecule has 0 aliphatic heterocycles. The molecule has 3 rings (SSSR count). The van der Waals surface area contributed by atoms with Crippen LogP contribution in [-0.2, 0) is 6.61 Å². The molecule has 0 aromatic heterocycles. The monoisotopic (exact) mass is 562 g/mol. The van der Waals surface area contributed by atoms with E-state index in [1.54, 1.807) is 54.6 Å². The third kappa shape index (κ3) is 7.79. The summed E-state index contributed by atoms with van der Waals surface area (Å²) in [6.45, 7) is 6.37. The fraction of sp³-hybridized carbons (Fsp3) is 0.185. The van der Waals surface area contributed by atoms with Crippen molar-refractivity contribution >= 4 is 46.9 Å². The van der Waals surface area contributed by atoms with Crippen LogP contribution in [0.1, 0.15) is 28.4 Å². The minimum Gasteiger partial charge on any atom is -0.493 e. The Morgan fingerprint density at radius 2 is 1.78 bits per heavy atom. The standard InChI is InChI=1S/C27H25Cl3N2O5/c1-4-10-36-23-9-7-18(13-24(23)35-5-2)27(33)32-31-15-17-11-22(30)26(25(12-17)34-3)37-16-19-6-8-20(28)14-21(19)29/h4,6-9,11-15H,1,5,10,16H2,2-3H3,(H,32,33)/b31-15+. The number of carbonyl (C=O) groups is 1. The van der Waals surface area contributed by atoms with Crippen LogP contribution in [0.15, 0.2) is 66.3 Å². The lowest BCUT2D eigenvalue weighted by Crippen LogP contribution is -2.17. The summed E-state index contributed by atoms with van der Waals surface area (Å²) in [4.78, 5) is 12.6. The largest absolute Gasteiger partial charge is 0.493 e. The van der Waals surface area contributed by atoms with Gasteiger partial charge in [-0.1, -0.05) is 53.5 Å². The van der Waals surface area contributed by atoms with Crippen LogP contribution in [0, 0.1) is 0 Å². The molecule has 0 bridgehead atoms. The number of hydrazone groups is 1. The molecule has 0 atom stereocenters. The Hall–Kier alpha value is -3.39. The normalized spacial score (nSPS) is 10.7. The molecule has 0 saturated carbocycles. The predicted octanol–water partition coefficient (Wildman–Crippen LogP) is 6.96. The van der Waals surface area contributed by atoms with Gasteiger partial charge in [0, 0.05) is 21.2 Å². The van der Waals surface area contributed by atoms with Gasteiger partial charge >= 0.3 is 0 Å². The molecule has 1 amide bonds. The van der Waals surface area contributed by atoms with Crippen molar-refractivity contribution in [1.29, 1.82) is 0 Å². The first-order valence-corrected chi connectivity index (χ1v) is 12.3. The summed E-state index contributed by atoms with van der Waals surface area (Å²) < 4.78 is 22.4. The molecule has 3 aromatic rings. The van der Waals surface area contributed by atoms with E-state index in [1.807, 2.05) is 6.92 Å². The molecule has 10 heteroatoms. The Bertz CT molecular complexity index is 1300. The highest BCUT2D eigenvalue weighted by Crippen LogP contribution is 2.37. The highest BCUT2D eigenvalue weighted by atomic mass is 35.5. The first-order valence-electron chi connectivity index (χ1n) is 11.1. The number of rotatable bonds is 12. The first kappa shape index (κ1) is 28.2. The lowest BCUT2D eigenvalue weighted by atomic mass is 10.2. The average molecular weight is 564 g/mol. The molecular weight excluding hydrogens is 539 g/mol.